The summed E-state index contributed by atoms with van der Waals surface area (Å²) >= 11 is 0. The third-order valence-corrected chi connectivity index (χ3v) is 3.20. The van der Waals surface area contributed by atoms with Gasteiger partial charge in [-0.3, -0.25) is 0 Å². The second-order valence-corrected chi connectivity index (χ2v) is 4.82. The minimum absolute atomic E-state index is 0.188. The van der Waals surface area contributed by atoms with Gasteiger partial charge in [-0.2, -0.15) is 0 Å². The molecule has 0 fully saturated rings. The highest BCUT2D eigenvalue weighted by molar-refractivity contribution is 5.15. The average Bonchev–Trinajstić information content (AvgIpc) is 2.36. The van der Waals surface area contributed by atoms with Crippen LogP contribution < -0.4 is 5.73 Å². The first-order chi connectivity index (χ1) is 8.26. The van der Waals surface area contributed by atoms with Gasteiger partial charge in [0.25, 0.3) is 0 Å². The molecule has 2 unspecified atom stereocenters. The molecule has 0 aliphatic carbocycles. The summed E-state index contributed by atoms with van der Waals surface area (Å²) in [6.07, 6.45) is 4.76. The number of benzene rings is 1. The van der Waals surface area contributed by atoms with Crippen LogP contribution in [0.3, 0.4) is 0 Å². The molecule has 3 N–H and O–H groups in total. The van der Waals surface area contributed by atoms with Gasteiger partial charge in [-0.25, -0.2) is 0 Å². The zero-order chi connectivity index (χ0) is 12.5. The molecule has 2 atom stereocenters. The number of hydrogen-bond acceptors (Lipinski definition) is 2. The van der Waals surface area contributed by atoms with Crippen LogP contribution in [-0.4, -0.2) is 17.8 Å². The van der Waals surface area contributed by atoms with Gasteiger partial charge in [-0.05, 0) is 37.3 Å². The first-order valence-electron chi connectivity index (χ1n) is 6.68. The average molecular weight is 235 g/mol. The largest absolute Gasteiger partial charge is 0.393 e. The van der Waals surface area contributed by atoms with Crippen LogP contribution in [0, 0.1) is 5.92 Å². The Morgan fingerprint density at radius 3 is 2.53 bits per heavy atom. The molecule has 0 bridgehead atoms. The van der Waals surface area contributed by atoms with Crippen molar-refractivity contribution in [3.05, 3.63) is 35.9 Å². The fraction of sp³-hybridized carbons (Fsp3) is 0.600. The fourth-order valence-electron chi connectivity index (χ4n) is 2.15. The molecule has 0 aliphatic rings. The smallest absolute Gasteiger partial charge is 0.0543 e. The lowest BCUT2D eigenvalue weighted by molar-refractivity contribution is 0.131. The summed E-state index contributed by atoms with van der Waals surface area (Å²) in [6, 6.07) is 10.4. The molecule has 0 aromatic heterocycles. The summed E-state index contributed by atoms with van der Waals surface area (Å²) in [7, 11) is 0. The van der Waals surface area contributed by atoms with E-state index in [1.807, 2.05) is 6.07 Å². The quantitative estimate of drug-likeness (QED) is 0.728. The van der Waals surface area contributed by atoms with Crippen molar-refractivity contribution >= 4 is 0 Å². The summed E-state index contributed by atoms with van der Waals surface area (Å²) in [5.74, 6) is 0.393. The van der Waals surface area contributed by atoms with Crippen molar-refractivity contribution in [2.75, 3.05) is 6.54 Å². The monoisotopic (exact) mass is 235 g/mol. The number of hydrogen-bond donors (Lipinski definition) is 2. The predicted molar refractivity (Wildman–Crippen MR) is 72.8 cm³/mol. The Hall–Kier alpha value is -0.860. The van der Waals surface area contributed by atoms with E-state index < -0.39 is 0 Å². The number of aliphatic hydroxyl groups is 1. The highest BCUT2D eigenvalue weighted by atomic mass is 16.3. The Kier molecular flexibility index (Phi) is 6.90. The van der Waals surface area contributed by atoms with E-state index in [1.54, 1.807) is 0 Å². The summed E-state index contributed by atoms with van der Waals surface area (Å²) in [5.41, 5.74) is 7.10. The molecule has 0 radical (unpaired) electrons. The van der Waals surface area contributed by atoms with Crippen molar-refractivity contribution in [2.45, 2.75) is 45.1 Å². The number of unbranched alkanes of at least 4 members (excludes halogenated alkanes) is 1. The van der Waals surface area contributed by atoms with Gasteiger partial charge in [0.05, 0.1) is 6.10 Å². The van der Waals surface area contributed by atoms with E-state index in [-0.39, 0.29) is 6.10 Å². The third kappa shape index (κ3) is 5.85. The lowest BCUT2D eigenvalue weighted by atomic mass is 9.92. The molecule has 0 saturated heterocycles. The van der Waals surface area contributed by atoms with Gasteiger partial charge in [-0.15, -0.1) is 0 Å². The van der Waals surface area contributed by atoms with Gasteiger partial charge in [0.2, 0.25) is 0 Å². The van der Waals surface area contributed by atoms with Crippen LogP contribution in [0.2, 0.25) is 0 Å². The maximum absolute atomic E-state index is 9.90. The fourth-order valence-corrected chi connectivity index (χ4v) is 2.15. The van der Waals surface area contributed by atoms with Crippen molar-refractivity contribution < 1.29 is 5.11 Å². The van der Waals surface area contributed by atoms with Gasteiger partial charge in [-0.1, -0.05) is 50.1 Å². The van der Waals surface area contributed by atoms with E-state index in [0.29, 0.717) is 12.5 Å². The van der Waals surface area contributed by atoms with Crippen molar-refractivity contribution in [2.24, 2.45) is 11.7 Å². The molecular weight excluding hydrogens is 210 g/mol. The second kappa shape index (κ2) is 8.26. The zero-order valence-electron chi connectivity index (χ0n) is 10.8. The molecule has 1 aromatic carbocycles. The highest BCUT2D eigenvalue weighted by Crippen LogP contribution is 2.16. The highest BCUT2D eigenvalue weighted by Gasteiger charge is 2.13. The van der Waals surface area contributed by atoms with E-state index >= 15 is 0 Å². The first-order valence-corrected chi connectivity index (χ1v) is 6.68. The minimum atomic E-state index is -0.188. The van der Waals surface area contributed by atoms with E-state index in [1.165, 1.54) is 5.56 Å². The minimum Gasteiger partial charge on any atom is -0.393 e. The Morgan fingerprint density at radius 1 is 1.24 bits per heavy atom. The summed E-state index contributed by atoms with van der Waals surface area (Å²) < 4.78 is 0. The molecule has 0 saturated carbocycles. The molecule has 1 rings (SSSR count). The molecule has 17 heavy (non-hydrogen) atoms. The second-order valence-electron chi connectivity index (χ2n) is 4.82. The van der Waals surface area contributed by atoms with Gasteiger partial charge in [0, 0.05) is 0 Å². The van der Waals surface area contributed by atoms with Crippen LogP contribution in [0.5, 0.6) is 0 Å². The molecule has 2 nitrogen and oxygen atoms in total. The van der Waals surface area contributed by atoms with Crippen LogP contribution in [0.4, 0.5) is 0 Å². The van der Waals surface area contributed by atoms with Crippen molar-refractivity contribution in [1.29, 1.82) is 0 Å². The molecule has 0 heterocycles. The molecular formula is C15H25NO. The molecule has 96 valence electrons. The first kappa shape index (κ1) is 14.2. The van der Waals surface area contributed by atoms with Crippen LogP contribution in [0.25, 0.3) is 0 Å². The van der Waals surface area contributed by atoms with Crippen LogP contribution in [-0.2, 0) is 6.42 Å². The normalized spacial score (nSPS) is 14.5. The SMILES string of the molecule is CCCCC(O)CC(CN)Cc1ccccc1. The lowest BCUT2D eigenvalue weighted by Gasteiger charge is -2.18. The Labute approximate surface area is 105 Å². The Bertz CT molecular complexity index is 286. The Balaban J connectivity index is 2.38. The van der Waals surface area contributed by atoms with Crippen LogP contribution in [0.1, 0.15) is 38.2 Å². The van der Waals surface area contributed by atoms with Crippen LogP contribution in [0.15, 0.2) is 30.3 Å². The van der Waals surface area contributed by atoms with Gasteiger partial charge in [0.1, 0.15) is 0 Å². The summed E-state index contributed by atoms with van der Waals surface area (Å²) in [6.45, 7) is 2.80. The van der Waals surface area contributed by atoms with E-state index in [2.05, 4.69) is 31.2 Å². The zero-order valence-corrected chi connectivity index (χ0v) is 10.8. The van der Waals surface area contributed by atoms with E-state index in [4.69, 9.17) is 5.73 Å². The molecule has 0 amide bonds. The molecule has 2 heteroatoms. The maximum atomic E-state index is 9.90. The maximum Gasteiger partial charge on any atom is 0.0543 e. The topological polar surface area (TPSA) is 46.2 Å². The molecule has 1 aromatic rings. The molecule has 0 aliphatic heterocycles. The molecule has 0 spiro atoms. The van der Waals surface area contributed by atoms with Crippen molar-refractivity contribution in [3.8, 4) is 0 Å². The third-order valence-electron chi connectivity index (χ3n) is 3.20. The standard InChI is InChI=1S/C15H25NO/c1-2-3-9-15(17)11-14(12-16)10-13-7-5-4-6-8-13/h4-8,14-15,17H,2-3,9-12,16H2,1H3. The lowest BCUT2D eigenvalue weighted by Crippen LogP contribution is -2.22. The Morgan fingerprint density at radius 2 is 1.94 bits per heavy atom. The summed E-state index contributed by atoms with van der Waals surface area (Å²) in [5, 5.41) is 9.90. The van der Waals surface area contributed by atoms with Gasteiger partial charge >= 0.3 is 0 Å². The van der Waals surface area contributed by atoms with Crippen molar-refractivity contribution in [3.63, 3.8) is 0 Å². The number of nitrogens with two attached hydrogens (primary N) is 1. The van der Waals surface area contributed by atoms with Gasteiger partial charge < -0.3 is 10.8 Å². The van der Waals surface area contributed by atoms with Gasteiger partial charge in [0.15, 0.2) is 0 Å². The number of aliphatic hydroxyl groups excluding tert-OH is 1. The van der Waals surface area contributed by atoms with E-state index in [9.17, 15) is 5.11 Å². The predicted octanol–water partition coefficient (Wildman–Crippen LogP) is 2.75. The van der Waals surface area contributed by atoms with Crippen molar-refractivity contribution in [1.82, 2.24) is 0 Å². The van der Waals surface area contributed by atoms with E-state index in [0.717, 1.165) is 32.1 Å². The number of rotatable bonds is 8. The van der Waals surface area contributed by atoms with Crippen LogP contribution >= 0.6 is 0 Å². The summed E-state index contributed by atoms with van der Waals surface area (Å²) in [4.78, 5) is 0.